The van der Waals surface area contributed by atoms with E-state index in [0.717, 1.165) is 5.69 Å². The van der Waals surface area contributed by atoms with Gasteiger partial charge in [-0.15, -0.1) is 10.2 Å². The second-order valence-corrected chi connectivity index (χ2v) is 10.0. The minimum atomic E-state index is -3.38. The Kier molecular flexibility index (Phi) is 5.73. The van der Waals surface area contributed by atoms with Crippen LogP contribution in [0.3, 0.4) is 0 Å². The fourth-order valence-electron chi connectivity index (χ4n) is 3.08. The maximum atomic E-state index is 12.3. The average Bonchev–Trinajstić information content (AvgIpc) is 3.29. The summed E-state index contributed by atoms with van der Waals surface area (Å²) < 4.78 is 30.4. The zero-order chi connectivity index (χ0) is 23.8. The summed E-state index contributed by atoms with van der Waals surface area (Å²) >= 11 is 0. The quantitative estimate of drug-likeness (QED) is 0.385. The van der Waals surface area contributed by atoms with Crippen LogP contribution in [0.5, 0.6) is 5.75 Å². The number of sulfone groups is 1. The molecule has 0 aliphatic carbocycles. The molecular formula is C22H22N6O4S. The molecule has 10 nitrogen and oxygen atoms in total. The van der Waals surface area contributed by atoms with Crippen molar-refractivity contribution in [3.63, 3.8) is 0 Å². The normalized spacial score (nSPS) is 11.6. The molecule has 0 saturated heterocycles. The number of benzene rings is 2. The molecule has 0 amide bonds. The first kappa shape index (κ1) is 22.2. The van der Waals surface area contributed by atoms with Crippen LogP contribution in [0.1, 0.15) is 13.8 Å². The predicted octanol–water partition coefficient (Wildman–Crippen LogP) is 3.37. The summed E-state index contributed by atoms with van der Waals surface area (Å²) in [5, 5.41) is 20.7. The van der Waals surface area contributed by atoms with E-state index >= 15 is 0 Å². The molecule has 0 radical (unpaired) electrons. The van der Waals surface area contributed by atoms with Crippen molar-refractivity contribution in [1.82, 2.24) is 20.2 Å². The van der Waals surface area contributed by atoms with Gasteiger partial charge in [-0.05, 0) is 38.1 Å². The second-order valence-electron chi connectivity index (χ2n) is 7.50. The minimum absolute atomic E-state index is 0.0266. The number of nitrogens with two attached hydrogens (primary N) is 1. The zero-order valence-corrected chi connectivity index (χ0v) is 19.0. The Balaban J connectivity index is 1.68. The first-order chi connectivity index (χ1) is 15.7. The Labute approximate surface area is 190 Å². The molecule has 0 unspecified atom stereocenters. The van der Waals surface area contributed by atoms with Crippen molar-refractivity contribution in [2.45, 2.75) is 24.0 Å². The smallest absolute Gasteiger partial charge is 0.270 e. The van der Waals surface area contributed by atoms with Gasteiger partial charge in [0.05, 0.1) is 27.6 Å². The molecule has 11 heteroatoms. The fourth-order valence-corrected chi connectivity index (χ4v) is 4.14. The molecule has 0 aliphatic heterocycles. The number of aromatic nitrogens is 4. The van der Waals surface area contributed by atoms with Gasteiger partial charge < -0.3 is 20.6 Å². The van der Waals surface area contributed by atoms with Gasteiger partial charge in [0, 0.05) is 24.4 Å². The van der Waals surface area contributed by atoms with Crippen molar-refractivity contribution >= 4 is 21.3 Å². The largest absolute Gasteiger partial charge is 0.507 e. The lowest BCUT2D eigenvalue weighted by Crippen LogP contribution is -2.13. The van der Waals surface area contributed by atoms with Crippen LogP contribution in [-0.2, 0) is 9.84 Å². The summed E-state index contributed by atoms with van der Waals surface area (Å²) in [5.74, 6) is 0.192. The number of phenolic OH excluding ortho intramolecular Hbond substituents is 1. The number of hydrogen-bond donors (Lipinski definition) is 3. The molecule has 0 saturated carbocycles. The summed E-state index contributed by atoms with van der Waals surface area (Å²) in [6, 6.07) is 11.3. The molecule has 0 bridgehead atoms. The highest BCUT2D eigenvalue weighted by molar-refractivity contribution is 7.92. The van der Waals surface area contributed by atoms with Crippen LogP contribution in [0, 0.1) is 0 Å². The highest BCUT2D eigenvalue weighted by Gasteiger charge is 2.21. The number of aromatic hydroxyl groups is 1. The molecule has 2 aromatic carbocycles. The third-order valence-electron chi connectivity index (χ3n) is 5.04. The third-order valence-corrected chi connectivity index (χ3v) is 7.21. The van der Waals surface area contributed by atoms with E-state index < -0.39 is 15.1 Å². The standard InChI is InChI=1S/C22H22N6O4S/c1-12(2)33(30,31)15-7-4-13(5-8-15)17-11-25-20(23)19(26-17)22-28-27-21(32-22)16-9-6-14(24-3)10-18(16)29/h4-12,24,29H,1-3H3,(H2,23,25). The van der Waals surface area contributed by atoms with Crippen LogP contribution >= 0.6 is 0 Å². The van der Waals surface area contributed by atoms with Crippen LogP contribution in [0.2, 0.25) is 0 Å². The Morgan fingerprint density at radius 2 is 1.76 bits per heavy atom. The van der Waals surface area contributed by atoms with Crippen molar-refractivity contribution in [3.05, 3.63) is 48.7 Å². The SMILES string of the molecule is CNc1ccc(-c2nnc(-c3nc(-c4ccc(S(=O)(=O)C(C)C)cc4)cnc3N)o2)c(O)c1. The Bertz CT molecular complexity index is 1420. The highest BCUT2D eigenvalue weighted by atomic mass is 32.2. The summed E-state index contributed by atoms with van der Waals surface area (Å²) in [5.41, 5.74) is 8.35. The van der Waals surface area contributed by atoms with E-state index in [4.69, 9.17) is 10.2 Å². The second kappa shape index (κ2) is 8.51. The molecule has 0 fully saturated rings. The number of nitrogens with one attached hydrogen (secondary N) is 1. The van der Waals surface area contributed by atoms with Gasteiger partial charge in [-0.1, -0.05) is 12.1 Å². The lowest BCUT2D eigenvalue weighted by Gasteiger charge is -2.09. The van der Waals surface area contributed by atoms with Gasteiger partial charge >= 0.3 is 0 Å². The van der Waals surface area contributed by atoms with E-state index in [2.05, 4.69) is 25.5 Å². The molecule has 0 atom stereocenters. The van der Waals surface area contributed by atoms with Crippen LogP contribution in [0.15, 0.2) is 58.0 Å². The van der Waals surface area contributed by atoms with Gasteiger partial charge in [0.15, 0.2) is 21.3 Å². The Hall–Kier alpha value is -3.99. The lowest BCUT2D eigenvalue weighted by molar-refractivity contribution is 0.473. The van der Waals surface area contributed by atoms with Gasteiger partial charge in [0.2, 0.25) is 0 Å². The third kappa shape index (κ3) is 4.22. The van der Waals surface area contributed by atoms with E-state index in [0.29, 0.717) is 16.8 Å². The number of nitrogens with zero attached hydrogens (tertiary/aromatic N) is 4. The van der Waals surface area contributed by atoms with E-state index in [1.807, 2.05) is 0 Å². The van der Waals surface area contributed by atoms with Gasteiger partial charge in [-0.25, -0.2) is 18.4 Å². The number of phenols is 1. The minimum Gasteiger partial charge on any atom is -0.507 e. The van der Waals surface area contributed by atoms with Crippen LogP contribution < -0.4 is 11.1 Å². The topological polar surface area (TPSA) is 157 Å². The van der Waals surface area contributed by atoms with Crippen molar-refractivity contribution in [3.8, 4) is 40.0 Å². The fraction of sp³-hybridized carbons (Fsp3) is 0.182. The summed E-state index contributed by atoms with van der Waals surface area (Å²) in [7, 11) is -1.64. The highest BCUT2D eigenvalue weighted by Crippen LogP contribution is 2.33. The number of nitrogen functional groups attached to an aromatic ring is 1. The van der Waals surface area contributed by atoms with Crippen LogP contribution in [0.4, 0.5) is 11.5 Å². The zero-order valence-electron chi connectivity index (χ0n) is 18.1. The summed E-state index contributed by atoms with van der Waals surface area (Å²) in [4.78, 5) is 8.89. The Morgan fingerprint density at radius 1 is 1.06 bits per heavy atom. The van der Waals surface area contributed by atoms with Crippen molar-refractivity contribution in [2.75, 3.05) is 18.1 Å². The maximum Gasteiger partial charge on any atom is 0.270 e. The van der Waals surface area contributed by atoms with Gasteiger partial charge in [-0.2, -0.15) is 0 Å². The first-order valence-corrected chi connectivity index (χ1v) is 11.6. The number of hydrogen-bond acceptors (Lipinski definition) is 10. The molecule has 33 heavy (non-hydrogen) atoms. The van der Waals surface area contributed by atoms with E-state index in [1.54, 1.807) is 45.2 Å². The number of anilines is 2. The Morgan fingerprint density at radius 3 is 2.39 bits per heavy atom. The molecule has 4 N–H and O–H groups in total. The van der Waals surface area contributed by atoms with Gasteiger partial charge in [0.25, 0.3) is 11.8 Å². The van der Waals surface area contributed by atoms with E-state index in [9.17, 15) is 13.5 Å². The van der Waals surface area contributed by atoms with Gasteiger partial charge in [0.1, 0.15) is 5.75 Å². The molecule has 2 heterocycles. The van der Waals surface area contributed by atoms with Crippen molar-refractivity contribution in [2.24, 2.45) is 0 Å². The summed E-state index contributed by atoms with van der Waals surface area (Å²) in [6.45, 7) is 3.27. The molecule has 0 aliphatic rings. The number of rotatable bonds is 6. The lowest BCUT2D eigenvalue weighted by atomic mass is 10.1. The average molecular weight is 467 g/mol. The monoisotopic (exact) mass is 466 g/mol. The van der Waals surface area contributed by atoms with Crippen molar-refractivity contribution < 1.29 is 17.9 Å². The van der Waals surface area contributed by atoms with Crippen LogP contribution in [-0.4, -0.2) is 46.0 Å². The molecule has 170 valence electrons. The first-order valence-electron chi connectivity index (χ1n) is 10.0. The summed E-state index contributed by atoms with van der Waals surface area (Å²) in [6.07, 6.45) is 1.48. The molecule has 2 aromatic heterocycles. The van der Waals surface area contributed by atoms with E-state index in [-0.39, 0.29) is 33.9 Å². The molecule has 4 rings (SSSR count). The van der Waals surface area contributed by atoms with Crippen LogP contribution in [0.25, 0.3) is 34.3 Å². The van der Waals surface area contributed by atoms with Crippen molar-refractivity contribution in [1.29, 1.82) is 0 Å². The predicted molar refractivity (Wildman–Crippen MR) is 124 cm³/mol. The van der Waals surface area contributed by atoms with Gasteiger partial charge in [-0.3, -0.25) is 0 Å². The van der Waals surface area contributed by atoms with E-state index in [1.165, 1.54) is 24.4 Å². The molecule has 4 aromatic rings. The molecular weight excluding hydrogens is 444 g/mol. The maximum absolute atomic E-state index is 12.3. The molecule has 0 spiro atoms.